The van der Waals surface area contributed by atoms with Crippen molar-refractivity contribution in [1.82, 2.24) is 9.88 Å². The van der Waals surface area contributed by atoms with Crippen LogP contribution in [0, 0.1) is 18.3 Å². The highest BCUT2D eigenvalue weighted by atomic mass is 32.2. The SMILES string of the molecule is Cc1cc(Oc2ncccc2C#N)ccc1NC(=O)c1cccc(CN2C(=O)CSC2=O)c1. The molecule has 164 valence electrons. The molecule has 33 heavy (non-hydrogen) atoms. The van der Waals surface area contributed by atoms with Crippen molar-refractivity contribution in [1.29, 1.82) is 5.26 Å². The van der Waals surface area contributed by atoms with Crippen LogP contribution in [0.4, 0.5) is 10.5 Å². The highest BCUT2D eigenvalue weighted by Crippen LogP contribution is 2.27. The third kappa shape index (κ3) is 5.02. The van der Waals surface area contributed by atoms with Gasteiger partial charge in [0, 0.05) is 17.4 Å². The molecule has 0 bridgehead atoms. The number of nitrogens with zero attached hydrogens (tertiary/aromatic N) is 3. The largest absolute Gasteiger partial charge is 0.438 e. The molecule has 1 aromatic heterocycles. The summed E-state index contributed by atoms with van der Waals surface area (Å²) in [6, 6.07) is 17.2. The fraction of sp³-hybridized carbons (Fsp3) is 0.125. The lowest BCUT2D eigenvalue weighted by Crippen LogP contribution is -2.28. The molecule has 1 fully saturated rings. The van der Waals surface area contributed by atoms with Crippen LogP contribution in [0.5, 0.6) is 11.6 Å². The molecule has 0 atom stereocenters. The van der Waals surface area contributed by atoms with Crippen LogP contribution in [0.15, 0.2) is 60.8 Å². The summed E-state index contributed by atoms with van der Waals surface area (Å²) < 4.78 is 5.71. The van der Waals surface area contributed by atoms with Crippen LogP contribution in [-0.4, -0.2) is 32.7 Å². The lowest BCUT2D eigenvalue weighted by atomic mass is 10.1. The van der Waals surface area contributed by atoms with Crippen molar-refractivity contribution < 1.29 is 19.1 Å². The molecule has 4 rings (SSSR count). The number of anilines is 1. The number of rotatable bonds is 6. The van der Waals surface area contributed by atoms with Gasteiger partial charge in [0.1, 0.15) is 17.4 Å². The first-order valence-corrected chi connectivity index (χ1v) is 10.9. The lowest BCUT2D eigenvalue weighted by molar-refractivity contribution is -0.125. The lowest BCUT2D eigenvalue weighted by Gasteiger charge is -2.14. The van der Waals surface area contributed by atoms with Crippen molar-refractivity contribution in [2.75, 3.05) is 11.1 Å². The normalized spacial score (nSPS) is 13.0. The second-order valence-corrected chi connectivity index (χ2v) is 8.16. The number of imide groups is 1. The third-order valence-electron chi connectivity index (χ3n) is 4.92. The first-order chi connectivity index (χ1) is 15.9. The minimum absolute atomic E-state index is 0.134. The van der Waals surface area contributed by atoms with Gasteiger partial charge in [-0.15, -0.1) is 0 Å². The Balaban J connectivity index is 1.46. The van der Waals surface area contributed by atoms with Gasteiger partial charge in [0.05, 0.1) is 12.3 Å². The van der Waals surface area contributed by atoms with Gasteiger partial charge in [0.25, 0.3) is 11.1 Å². The summed E-state index contributed by atoms with van der Waals surface area (Å²) in [7, 11) is 0. The second-order valence-electron chi connectivity index (χ2n) is 7.24. The Morgan fingerprint density at radius 2 is 2.06 bits per heavy atom. The number of amides is 3. The van der Waals surface area contributed by atoms with Crippen LogP contribution in [0.25, 0.3) is 0 Å². The number of nitriles is 1. The topological polar surface area (TPSA) is 112 Å². The zero-order valence-corrected chi connectivity index (χ0v) is 18.4. The van der Waals surface area contributed by atoms with Gasteiger partial charge in [-0.05, 0) is 60.5 Å². The van der Waals surface area contributed by atoms with Crippen molar-refractivity contribution in [2.45, 2.75) is 13.5 Å². The molecule has 8 nitrogen and oxygen atoms in total. The number of aromatic nitrogens is 1. The van der Waals surface area contributed by atoms with Crippen molar-refractivity contribution in [2.24, 2.45) is 0 Å². The van der Waals surface area contributed by atoms with E-state index in [1.807, 2.05) is 13.0 Å². The van der Waals surface area contributed by atoms with E-state index in [9.17, 15) is 19.6 Å². The summed E-state index contributed by atoms with van der Waals surface area (Å²) >= 11 is 0.978. The summed E-state index contributed by atoms with van der Waals surface area (Å²) in [6.07, 6.45) is 1.54. The number of hydrogen-bond acceptors (Lipinski definition) is 7. The molecule has 0 spiro atoms. The van der Waals surface area contributed by atoms with Gasteiger partial charge in [-0.25, -0.2) is 4.98 Å². The van der Waals surface area contributed by atoms with Crippen LogP contribution in [0.2, 0.25) is 0 Å². The zero-order chi connectivity index (χ0) is 23.4. The van der Waals surface area contributed by atoms with Crippen LogP contribution >= 0.6 is 11.8 Å². The van der Waals surface area contributed by atoms with E-state index in [1.54, 1.807) is 60.8 Å². The fourth-order valence-corrected chi connectivity index (χ4v) is 3.96. The summed E-state index contributed by atoms with van der Waals surface area (Å²) in [5.41, 5.74) is 2.78. The number of nitrogens with one attached hydrogen (secondary N) is 1. The van der Waals surface area contributed by atoms with Gasteiger partial charge in [-0.2, -0.15) is 5.26 Å². The molecule has 1 saturated heterocycles. The van der Waals surface area contributed by atoms with Gasteiger partial charge >= 0.3 is 0 Å². The molecule has 1 N–H and O–H groups in total. The molecule has 0 aliphatic carbocycles. The molecule has 2 aromatic carbocycles. The first-order valence-electron chi connectivity index (χ1n) is 9.95. The predicted octanol–water partition coefficient (Wildman–Crippen LogP) is 4.50. The minimum atomic E-state index is -0.321. The molecule has 3 aromatic rings. The van der Waals surface area contributed by atoms with Crippen LogP contribution in [-0.2, 0) is 11.3 Å². The highest BCUT2D eigenvalue weighted by molar-refractivity contribution is 8.14. The number of benzene rings is 2. The number of hydrogen-bond donors (Lipinski definition) is 1. The molecule has 3 amide bonds. The molecular weight excluding hydrogens is 440 g/mol. The van der Waals surface area contributed by atoms with E-state index in [4.69, 9.17) is 4.74 Å². The molecule has 0 unspecified atom stereocenters. The standard InChI is InChI=1S/C24H18N4O4S/c1-15-10-19(32-23-18(12-25)6-3-9-26-23)7-8-20(15)27-22(30)17-5-2-4-16(11-17)13-28-21(29)14-33-24(28)31/h2-11H,13-14H2,1H3,(H,27,30). The smallest absolute Gasteiger partial charge is 0.289 e. The second kappa shape index (κ2) is 9.54. The fourth-order valence-electron chi connectivity index (χ4n) is 3.23. The van der Waals surface area contributed by atoms with Crippen LogP contribution in [0.1, 0.15) is 27.0 Å². The number of aryl methyl sites for hydroxylation is 1. The van der Waals surface area contributed by atoms with Crippen molar-refractivity contribution in [3.05, 3.63) is 83.0 Å². The van der Waals surface area contributed by atoms with E-state index in [0.717, 1.165) is 17.3 Å². The van der Waals surface area contributed by atoms with E-state index in [1.165, 1.54) is 4.90 Å². The third-order valence-corrected chi connectivity index (χ3v) is 5.78. The van der Waals surface area contributed by atoms with E-state index < -0.39 is 0 Å². The van der Waals surface area contributed by atoms with Crippen LogP contribution < -0.4 is 10.1 Å². The number of thioether (sulfide) groups is 1. The quantitative estimate of drug-likeness (QED) is 0.579. The molecular formula is C24H18N4O4S. The number of carbonyl (C=O) groups is 3. The van der Waals surface area contributed by atoms with Crippen molar-refractivity contribution in [3.63, 3.8) is 0 Å². The van der Waals surface area contributed by atoms with Gasteiger partial charge in [0.2, 0.25) is 11.8 Å². The Morgan fingerprint density at radius 3 is 2.79 bits per heavy atom. The maximum Gasteiger partial charge on any atom is 0.289 e. The van der Waals surface area contributed by atoms with E-state index in [-0.39, 0.29) is 35.2 Å². The van der Waals surface area contributed by atoms with E-state index in [2.05, 4.69) is 10.3 Å². The van der Waals surface area contributed by atoms with Crippen LogP contribution in [0.3, 0.4) is 0 Å². The van der Waals surface area contributed by atoms with E-state index in [0.29, 0.717) is 28.1 Å². The van der Waals surface area contributed by atoms with Gasteiger partial charge in [-0.3, -0.25) is 19.3 Å². The highest BCUT2D eigenvalue weighted by Gasteiger charge is 2.29. The van der Waals surface area contributed by atoms with Gasteiger partial charge in [-0.1, -0.05) is 23.9 Å². The average molecular weight is 458 g/mol. The zero-order valence-electron chi connectivity index (χ0n) is 17.6. The summed E-state index contributed by atoms with van der Waals surface area (Å²) in [6.45, 7) is 1.96. The van der Waals surface area contributed by atoms with Gasteiger partial charge in [0.15, 0.2) is 0 Å². The molecule has 1 aliphatic rings. The molecule has 1 aliphatic heterocycles. The maximum absolute atomic E-state index is 12.8. The number of pyridine rings is 1. The first kappa shape index (κ1) is 22.0. The summed E-state index contributed by atoms with van der Waals surface area (Å²) in [4.78, 5) is 41.7. The summed E-state index contributed by atoms with van der Waals surface area (Å²) in [5.74, 6) is 0.293. The Morgan fingerprint density at radius 1 is 1.21 bits per heavy atom. The molecule has 9 heteroatoms. The molecule has 0 radical (unpaired) electrons. The monoisotopic (exact) mass is 458 g/mol. The Hall–Kier alpha value is -4.16. The molecule has 0 saturated carbocycles. The van der Waals surface area contributed by atoms with E-state index >= 15 is 0 Å². The maximum atomic E-state index is 12.8. The Kier molecular flexibility index (Phi) is 6.38. The number of ether oxygens (including phenoxy) is 1. The Labute approximate surface area is 194 Å². The van der Waals surface area contributed by atoms with Gasteiger partial charge < -0.3 is 10.1 Å². The van der Waals surface area contributed by atoms with Crippen molar-refractivity contribution in [3.8, 4) is 17.7 Å². The van der Waals surface area contributed by atoms with Crippen molar-refractivity contribution >= 4 is 34.5 Å². The summed E-state index contributed by atoms with van der Waals surface area (Å²) in [5, 5.41) is 11.8. The molecule has 2 heterocycles. The Bertz CT molecular complexity index is 1290. The average Bonchev–Trinajstić information content (AvgIpc) is 3.13. The predicted molar refractivity (Wildman–Crippen MR) is 123 cm³/mol. The number of carbonyl (C=O) groups excluding carboxylic acids is 3. The minimum Gasteiger partial charge on any atom is -0.438 e.